The standard InChI is InChI=1S/C13H16N4S2.C2HF3O2/c1-4-16(7-10-3-6-18-8-10)11-2-5-17(12(1)11)13-15-14-9-19-13;3-2(4,5)1(6)7/h3,6,8-9,11-12H,1-2,4-5,7H2;(H,6,7)/t11-,12+;/m1./s1. The fraction of sp³-hybridized carbons (Fsp3) is 0.533. The zero-order valence-electron chi connectivity index (χ0n) is 13.6. The molecule has 2 aromatic rings. The summed E-state index contributed by atoms with van der Waals surface area (Å²) in [5.41, 5.74) is 3.29. The van der Waals surface area contributed by atoms with Gasteiger partial charge in [0.05, 0.1) is 0 Å². The first kappa shape index (κ1) is 19.1. The summed E-state index contributed by atoms with van der Waals surface area (Å²) in [5, 5.41) is 20.9. The molecule has 2 atom stereocenters. The van der Waals surface area contributed by atoms with E-state index in [9.17, 15) is 13.2 Å². The van der Waals surface area contributed by atoms with Crippen molar-refractivity contribution < 1.29 is 23.1 Å². The van der Waals surface area contributed by atoms with Gasteiger partial charge in [-0.2, -0.15) is 24.5 Å². The van der Waals surface area contributed by atoms with Crippen LogP contribution in [0.25, 0.3) is 0 Å². The van der Waals surface area contributed by atoms with Gasteiger partial charge in [-0.15, -0.1) is 10.2 Å². The second-order valence-electron chi connectivity index (χ2n) is 6.03. The number of halogens is 3. The Hall–Kier alpha value is -1.72. The Labute approximate surface area is 155 Å². The van der Waals surface area contributed by atoms with Crippen LogP contribution in [0.5, 0.6) is 0 Å². The minimum Gasteiger partial charge on any atom is -0.475 e. The predicted molar refractivity (Wildman–Crippen MR) is 92.5 cm³/mol. The van der Waals surface area contributed by atoms with E-state index < -0.39 is 12.1 Å². The topological polar surface area (TPSA) is 69.6 Å². The van der Waals surface area contributed by atoms with Gasteiger partial charge in [0.15, 0.2) is 0 Å². The fourth-order valence-electron chi connectivity index (χ4n) is 3.42. The molecule has 0 radical (unpaired) electrons. The van der Waals surface area contributed by atoms with Crippen LogP contribution in [0.4, 0.5) is 18.3 Å². The smallest absolute Gasteiger partial charge is 0.475 e. The number of hydrogen-bond donors (Lipinski definition) is 1. The number of thiophene rings is 1. The zero-order valence-corrected chi connectivity index (χ0v) is 15.2. The van der Waals surface area contributed by atoms with Crippen LogP contribution in [-0.2, 0) is 11.3 Å². The number of nitrogens with zero attached hydrogens (tertiary/aromatic N) is 4. The van der Waals surface area contributed by atoms with Crippen molar-refractivity contribution in [2.24, 2.45) is 0 Å². The van der Waals surface area contributed by atoms with Crippen molar-refractivity contribution >= 4 is 33.8 Å². The predicted octanol–water partition coefficient (Wildman–Crippen LogP) is 3.09. The van der Waals surface area contributed by atoms with Crippen LogP contribution < -0.4 is 4.90 Å². The number of carboxylic acids is 1. The number of carboxylic acid groups (broad SMARTS) is 1. The van der Waals surface area contributed by atoms with Crippen LogP contribution in [0.15, 0.2) is 22.3 Å². The Bertz CT molecular complexity index is 709. The van der Waals surface area contributed by atoms with Crippen molar-refractivity contribution in [1.82, 2.24) is 15.1 Å². The van der Waals surface area contributed by atoms with Crippen LogP contribution in [0.3, 0.4) is 0 Å². The number of fused-ring (bicyclic) bond motifs is 1. The first-order valence-electron chi connectivity index (χ1n) is 7.94. The minimum absolute atomic E-state index is 0.645. The summed E-state index contributed by atoms with van der Waals surface area (Å²) in [4.78, 5) is 14.0. The van der Waals surface area contributed by atoms with E-state index in [0.717, 1.165) is 18.2 Å². The van der Waals surface area contributed by atoms with Crippen molar-refractivity contribution in [1.29, 1.82) is 0 Å². The maximum atomic E-state index is 10.6. The highest BCUT2D eigenvalue weighted by atomic mass is 32.1. The quantitative estimate of drug-likeness (QED) is 0.845. The molecule has 4 heterocycles. The molecule has 0 saturated carbocycles. The van der Waals surface area contributed by atoms with E-state index in [-0.39, 0.29) is 0 Å². The molecule has 11 heteroatoms. The van der Waals surface area contributed by atoms with E-state index in [4.69, 9.17) is 9.90 Å². The highest BCUT2D eigenvalue weighted by Gasteiger charge is 2.43. The first-order valence-corrected chi connectivity index (χ1v) is 9.76. The monoisotopic (exact) mass is 406 g/mol. The molecule has 2 aromatic heterocycles. The van der Waals surface area contributed by atoms with Gasteiger partial charge in [-0.05, 0) is 35.2 Å². The second kappa shape index (κ2) is 7.89. The molecule has 0 aliphatic carbocycles. The number of carbonyl (C=O) groups is 1. The molecule has 142 valence electrons. The van der Waals surface area contributed by atoms with Gasteiger partial charge in [0, 0.05) is 31.7 Å². The summed E-state index contributed by atoms with van der Waals surface area (Å²) in [6.45, 7) is 3.44. The summed E-state index contributed by atoms with van der Waals surface area (Å²) < 4.78 is 31.7. The molecule has 0 aromatic carbocycles. The van der Waals surface area contributed by atoms with Crippen LogP contribution in [-0.4, -0.2) is 57.5 Å². The Kier molecular flexibility index (Phi) is 5.78. The average molecular weight is 406 g/mol. The largest absolute Gasteiger partial charge is 0.490 e. The number of aliphatic carboxylic acids is 1. The third-order valence-electron chi connectivity index (χ3n) is 4.49. The van der Waals surface area contributed by atoms with Crippen molar-refractivity contribution in [3.05, 3.63) is 27.9 Å². The molecule has 2 fully saturated rings. The average Bonchev–Trinajstić information content (AvgIpc) is 3.34. The molecular formula is C15H17F3N4O2S2. The van der Waals surface area contributed by atoms with E-state index in [1.807, 2.05) is 5.51 Å². The molecule has 6 nitrogen and oxygen atoms in total. The van der Waals surface area contributed by atoms with Gasteiger partial charge in [-0.3, -0.25) is 4.90 Å². The SMILES string of the molecule is O=C(O)C(F)(F)F.c1cc(CN2CC[C@H]3[C@H]2CCN3c2nncs2)cs1. The Balaban J connectivity index is 0.000000242. The van der Waals surface area contributed by atoms with Crippen LogP contribution in [0, 0.1) is 0 Å². The van der Waals surface area contributed by atoms with Gasteiger partial charge >= 0.3 is 12.1 Å². The van der Waals surface area contributed by atoms with Gasteiger partial charge in [0.25, 0.3) is 0 Å². The maximum Gasteiger partial charge on any atom is 0.490 e. The lowest BCUT2D eigenvalue weighted by Crippen LogP contribution is -2.36. The summed E-state index contributed by atoms with van der Waals surface area (Å²) in [7, 11) is 0. The molecule has 2 saturated heterocycles. The van der Waals surface area contributed by atoms with Gasteiger partial charge in [0.2, 0.25) is 5.13 Å². The van der Waals surface area contributed by atoms with Crippen molar-refractivity contribution in [3.63, 3.8) is 0 Å². The Morgan fingerprint density at radius 2 is 2.04 bits per heavy atom. The third kappa shape index (κ3) is 4.33. The lowest BCUT2D eigenvalue weighted by Gasteiger charge is -2.24. The number of aromatic nitrogens is 2. The number of rotatable bonds is 3. The number of likely N-dealkylation sites (tertiary alicyclic amines) is 1. The highest BCUT2D eigenvalue weighted by molar-refractivity contribution is 7.13. The normalized spacial score (nSPS) is 22.8. The van der Waals surface area contributed by atoms with Crippen molar-refractivity contribution in [2.75, 3.05) is 18.0 Å². The maximum absolute atomic E-state index is 10.6. The van der Waals surface area contributed by atoms with Gasteiger partial charge in [-0.1, -0.05) is 11.3 Å². The highest BCUT2D eigenvalue weighted by Crippen LogP contribution is 2.36. The lowest BCUT2D eigenvalue weighted by molar-refractivity contribution is -0.192. The summed E-state index contributed by atoms with van der Waals surface area (Å²) in [5.74, 6) is -2.76. The van der Waals surface area contributed by atoms with E-state index in [1.165, 1.54) is 24.9 Å². The molecule has 2 aliphatic heterocycles. The molecule has 0 bridgehead atoms. The molecule has 4 rings (SSSR count). The fourth-order valence-corrected chi connectivity index (χ4v) is 4.72. The van der Waals surface area contributed by atoms with Gasteiger partial charge < -0.3 is 10.0 Å². The number of alkyl halides is 3. The van der Waals surface area contributed by atoms with E-state index in [0.29, 0.717) is 12.1 Å². The lowest BCUT2D eigenvalue weighted by atomic mass is 10.1. The number of anilines is 1. The van der Waals surface area contributed by atoms with Crippen LogP contribution >= 0.6 is 22.7 Å². The summed E-state index contributed by atoms with van der Waals surface area (Å²) in [6, 6.07) is 3.59. The third-order valence-corrected chi connectivity index (χ3v) is 5.95. The molecule has 0 unspecified atom stereocenters. The summed E-state index contributed by atoms with van der Waals surface area (Å²) >= 11 is 3.46. The molecule has 0 spiro atoms. The van der Waals surface area contributed by atoms with Crippen LogP contribution in [0.1, 0.15) is 18.4 Å². The number of hydrogen-bond acceptors (Lipinski definition) is 7. The second-order valence-corrected chi connectivity index (χ2v) is 7.62. The molecular weight excluding hydrogens is 389 g/mol. The Morgan fingerprint density at radius 1 is 1.31 bits per heavy atom. The zero-order chi connectivity index (χ0) is 18.7. The summed E-state index contributed by atoms with van der Waals surface area (Å²) in [6.07, 6.45) is -2.57. The minimum atomic E-state index is -5.08. The van der Waals surface area contributed by atoms with Crippen molar-refractivity contribution in [3.8, 4) is 0 Å². The van der Waals surface area contributed by atoms with E-state index in [1.54, 1.807) is 22.7 Å². The van der Waals surface area contributed by atoms with Gasteiger partial charge in [0.1, 0.15) is 5.51 Å². The molecule has 1 N–H and O–H groups in total. The van der Waals surface area contributed by atoms with E-state index in [2.05, 4.69) is 36.8 Å². The van der Waals surface area contributed by atoms with Crippen LogP contribution in [0.2, 0.25) is 0 Å². The Morgan fingerprint density at radius 3 is 2.62 bits per heavy atom. The van der Waals surface area contributed by atoms with Crippen molar-refractivity contribution in [2.45, 2.75) is 37.6 Å². The molecule has 0 amide bonds. The molecule has 26 heavy (non-hydrogen) atoms. The van der Waals surface area contributed by atoms with Gasteiger partial charge in [-0.25, -0.2) is 4.79 Å². The first-order chi connectivity index (χ1) is 12.4. The molecule has 2 aliphatic rings. The van der Waals surface area contributed by atoms with E-state index >= 15 is 0 Å².